The number of pyridine rings is 1. The van der Waals surface area contributed by atoms with E-state index in [1.165, 1.54) is 0 Å². The van der Waals surface area contributed by atoms with Crippen LogP contribution in [0.15, 0.2) is 28.9 Å². The molecule has 0 bridgehead atoms. The standard InChI is InChI=1S/C20H26N4O3/c1-4-5-10-26-11-7-9-21-20(25)15-13-16(17-8-6-12-27-17)22-19-18(15)14(2)23-24(19)3/h6,8,12-13H,4-5,7,9-11H2,1-3H3,(H,21,25). The molecule has 7 heteroatoms. The second kappa shape index (κ2) is 8.81. The number of carbonyl (C=O) groups is 1. The lowest BCUT2D eigenvalue weighted by Crippen LogP contribution is -2.25. The molecule has 0 aliphatic rings. The third kappa shape index (κ3) is 4.36. The maximum Gasteiger partial charge on any atom is 0.252 e. The van der Waals surface area contributed by atoms with Gasteiger partial charge in [0.25, 0.3) is 5.91 Å². The van der Waals surface area contributed by atoms with E-state index in [1.807, 2.05) is 20.0 Å². The molecule has 0 saturated heterocycles. The number of amides is 1. The van der Waals surface area contributed by atoms with Crippen LogP contribution < -0.4 is 5.32 Å². The van der Waals surface area contributed by atoms with E-state index in [1.54, 1.807) is 23.1 Å². The molecule has 144 valence electrons. The van der Waals surface area contributed by atoms with Crippen LogP contribution in [-0.2, 0) is 11.8 Å². The number of aryl methyl sites for hydroxylation is 2. The molecule has 0 spiro atoms. The van der Waals surface area contributed by atoms with Gasteiger partial charge in [-0.15, -0.1) is 0 Å². The molecule has 7 nitrogen and oxygen atoms in total. The lowest BCUT2D eigenvalue weighted by atomic mass is 10.1. The number of rotatable bonds is 9. The van der Waals surface area contributed by atoms with Crippen LogP contribution in [0.1, 0.15) is 42.2 Å². The Hall–Kier alpha value is -2.67. The van der Waals surface area contributed by atoms with Crippen molar-refractivity contribution < 1.29 is 13.9 Å². The zero-order valence-electron chi connectivity index (χ0n) is 16.1. The summed E-state index contributed by atoms with van der Waals surface area (Å²) in [4.78, 5) is 17.5. The third-order valence-electron chi connectivity index (χ3n) is 4.38. The van der Waals surface area contributed by atoms with Gasteiger partial charge in [-0.2, -0.15) is 5.10 Å². The number of nitrogens with one attached hydrogen (secondary N) is 1. The number of hydrogen-bond donors (Lipinski definition) is 1. The van der Waals surface area contributed by atoms with Crippen LogP contribution in [0.25, 0.3) is 22.5 Å². The normalized spacial score (nSPS) is 11.2. The molecule has 0 aliphatic heterocycles. The van der Waals surface area contributed by atoms with E-state index in [0.29, 0.717) is 35.8 Å². The van der Waals surface area contributed by atoms with E-state index in [0.717, 1.165) is 36.9 Å². The van der Waals surface area contributed by atoms with E-state index in [-0.39, 0.29) is 5.91 Å². The highest BCUT2D eigenvalue weighted by Crippen LogP contribution is 2.27. The molecule has 0 atom stereocenters. The summed E-state index contributed by atoms with van der Waals surface area (Å²) in [6, 6.07) is 5.39. The molecule has 3 aromatic rings. The molecular weight excluding hydrogens is 344 g/mol. The Balaban J connectivity index is 1.77. The van der Waals surface area contributed by atoms with Crippen molar-refractivity contribution in [1.29, 1.82) is 0 Å². The van der Waals surface area contributed by atoms with Gasteiger partial charge in [0.2, 0.25) is 0 Å². The minimum absolute atomic E-state index is 0.139. The zero-order chi connectivity index (χ0) is 19.2. The molecule has 3 aromatic heterocycles. The quantitative estimate of drug-likeness (QED) is 0.583. The Kier molecular flexibility index (Phi) is 6.24. The molecule has 0 aromatic carbocycles. The predicted octanol–water partition coefficient (Wildman–Crippen LogP) is 3.47. The lowest BCUT2D eigenvalue weighted by molar-refractivity contribution is 0.0942. The van der Waals surface area contributed by atoms with Gasteiger partial charge in [-0.05, 0) is 38.0 Å². The Morgan fingerprint density at radius 3 is 2.89 bits per heavy atom. The van der Waals surface area contributed by atoms with Crippen LogP contribution in [0.4, 0.5) is 0 Å². The fraction of sp³-hybridized carbons (Fsp3) is 0.450. The molecule has 0 saturated carbocycles. The van der Waals surface area contributed by atoms with Crippen molar-refractivity contribution in [3.63, 3.8) is 0 Å². The fourth-order valence-electron chi connectivity index (χ4n) is 2.99. The number of unbranched alkanes of at least 4 members (excludes halogenated alkanes) is 1. The van der Waals surface area contributed by atoms with Crippen LogP contribution in [0.2, 0.25) is 0 Å². The van der Waals surface area contributed by atoms with Gasteiger partial charge < -0.3 is 14.5 Å². The highest BCUT2D eigenvalue weighted by molar-refractivity contribution is 6.07. The van der Waals surface area contributed by atoms with E-state index in [9.17, 15) is 4.79 Å². The molecule has 27 heavy (non-hydrogen) atoms. The number of ether oxygens (including phenoxy) is 1. The first-order chi connectivity index (χ1) is 13.1. The third-order valence-corrected chi connectivity index (χ3v) is 4.38. The Bertz CT molecular complexity index is 900. The fourth-order valence-corrected chi connectivity index (χ4v) is 2.99. The van der Waals surface area contributed by atoms with Crippen molar-refractivity contribution in [2.75, 3.05) is 19.8 Å². The van der Waals surface area contributed by atoms with Crippen molar-refractivity contribution in [3.8, 4) is 11.5 Å². The zero-order valence-corrected chi connectivity index (χ0v) is 16.1. The molecule has 3 heterocycles. The van der Waals surface area contributed by atoms with Crippen molar-refractivity contribution in [2.24, 2.45) is 7.05 Å². The summed E-state index contributed by atoms with van der Waals surface area (Å²) in [7, 11) is 1.82. The topological polar surface area (TPSA) is 82.2 Å². The van der Waals surface area contributed by atoms with E-state index < -0.39 is 0 Å². The largest absolute Gasteiger partial charge is 0.463 e. The molecule has 3 rings (SSSR count). The molecule has 1 amide bonds. The summed E-state index contributed by atoms with van der Waals surface area (Å²) >= 11 is 0. The lowest BCUT2D eigenvalue weighted by Gasteiger charge is -2.09. The summed E-state index contributed by atoms with van der Waals surface area (Å²) in [5.74, 6) is 0.481. The molecule has 0 aliphatic carbocycles. The smallest absolute Gasteiger partial charge is 0.252 e. The van der Waals surface area contributed by atoms with Crippen molar-refractivity contribution >= 4 is 16.9 Å². The van der Waals surface area contributed by atoms with Gasteiger partial charge in [-0.3, -0.25) is 9.48 Å². The summed E-state index contributed by atoms with van der Waals surface area (Å²) in [6.07, 6.45) is 4.56. The minimum atomic E-state index is -0.139. The van der Waals surface area contributed by atoms with E-state index >= 15 is 0 Å². The van der Waals surface area contributed by atoms with Gasteiger partial charge in [-0.25, -0.2) is 4.98 Å². The number of fused-ring (bicyclic) bond motifs is 1. The highest BCUT2D eigenvalue weighted by atomic mass is 16.5. The molecule has 0 unspecified atom stereocenters. The Morgan fingerprint density at radius 1 is 1.33 bits per heavy atom. The first-order valence-corrected chi connectivity index (χ1v) is 9.36. The number of hydrogen-bond acceptors (Lipinski definition) is 5. The number of furan rings is 1. The predicted molar refractivity (Wildman–Crippen MR) is 104 cm³/mol. The van der Waals surface area contributed by atoms with E-state index in [4.69, 9.17) is 9.15 Å². The maximum absolute atomic E-state index is 12.8. The van der Waals surface area contributed by atoms with Crippen molar-refractivity contribution in [2.45, 2.75) is 33.1 Å². The number of carbonyl (C=O) groups excluding carboxylic acids is 1. The second-order valence-corrected chi connectivity index (χ2v) is 6.52. The number of aromatic nitrogens is 3. The van der Waals surface area contributed by atoms with Gasteiger partial charge in [0.05, 0.1) is 22.9 Å². The van der Waals surface area contributed by atoms with Gasteiger partial charge in [0.1, 0.15) is 5.69 Å². The van der Waals surface area contributed by atoms with Crippen molar-refractivity contribution in [1.82, 2.24) is 20.1 Å². The summed E-state index contributed by atoms with van der Waals surface area (Å²) in [6.45, 7) is 6.00. The summed E-state index contributed by atoms with van der Waals surface area (Å²) in [5, 5.41) is 8.16. The minimum Gasteiger partial charge on any atom is -0.463 e. The van der Waals surface area contributed by atoms with Crippen LogP contribution in [0, 0.1) is 6.92 Å². The second-order valence-electron chi connectivity index (χ2n) is 6.52. The number of nitrogens with zero attached hydrogens (tertiary/aromatic N) is 3. The maximum atomic E-state index is 12.8. The van der Waals surface area contributed by atoms with Crippen LogP contribution in [0.3, 0.4) is 0 Å². The van der Waals surface area contributed by atoms with Gasteiger partial charge in [0.15, 0.2) is 11.4 Å². The molecule has 0 fully saturated rings. The average Bonchev–Trinajstić information content (AvgIpc) is 3.29. The monoisotopic (exact) mass is 370 g/mol. The van der Waals surface area contributed by atoms with Gasteiger partial charge >= 0.3 is 0 Å². The molecule has 0 radical (unpaired) electrons. The average molecular weight is 370 g/mol. The van der Waals surface area contributed by atoms with Crippen LogP contribution >= 0.6 is 0 Å². The SMILES string of the molecule is CCCCOCCCNC(=O)c1cc(-c2ccco2)nc2c1c(C)nn2C. The van der Waals surface area contributed by atoms with Crippen molar-refractivity contribution in [3.05, 3.63) is 35.7 Å². The van der Waals surface area contributed by atoms with Gasteiger partial charge in [0, 0.05) is 26.8 Å². The van der Waals surface area contributed by atoms with Crippen LogP contribution in [0.5, 0.6) is 0 Å². The molecular formula is C20H26N4O3. The Labute approximate surface area is 158 Å². The van der Waals surface area contributed by atoms with Crippen LogP contribution in [-0.4, -0.2) is 40.4 Å². The summed E-state index contributed by atoms with van der Waals surface area (Å²) in [5.41, 5.74) is 2.61. The first kappa shape index (κ1) is 19.1. The van der Waals surface area contributed by atoms with Gasteiger partial charge in [-0.1, -0.05) is 13.3 Å². The Morgan fingerprint density at radius 2 is 2.15 bits per heavy atom. The highest BCUT2D eigenvalue weighted by Gasteiger charge is 2.19. The first-order valence-electron chi connectivity index (χ1n) is 9.36. The molecule has 1 N–H and O–H groups in total. The summed E-state index contributed by atoms with van der Waals surface area (Å²) < 4.78 is 12.7. The van der Waals surface area contributed by atoms with E-state index in [2.05, 4.69) is 22.3 Å².